The number of nitrogens with one attached hydrogen (secondary N) is 1. The molecule has 1 aliphatic rings. The van der Waals surface area contributed by atoms with Crippen LogP contribution in [0.2, 0.25) is 0 Å². The van der Waals surface area contributed by atoms with Gasteiger partial charge in [0.25, 0.3) is 11.6 Å². The van der Waals surface area contributed by atoms with E-state index < -0.39 is 28.6 Å². The third kappa shape index (κ3) is 2.83. The molecule has 3 rings (SSSR count). The van der Waals surface area contributed by atoms with Crippen LogP contribution >= 0.6 is 0 Å². The molecule has 8 nitrogen and oxygen atoms in total. The Morgan fingerprint density at radius 1 is 1.32 bits per heavy atom. The van der Waals surface area contributed by atoms with Gasteiger partial charge in [-0.25, -0.2) is 0 Å². The van der Waals surface area contributed by atoms with Crippen LogP contribution in [0.15, 0.2) is 42.5 Å². The van der Waals surface area contributed by atoms with Crippen molar-refractivity contribution in [1.29, 1.82) is 0 Å². The molecule has 0 radical (unpaired) electrons. The molecule has 2 aromatic rings. The lowest BCUT2D eigenvalue weighted by Gasteiger charge is -2.20. The number of ketones is 1. The molecule has 1 amide bonds. The van der Waals surface area contributed by atoms with E-state index in [1.54, 1.807) is 12.1 Å². The van der Waals surface area contributed by atoms with Crippen molar-refractivity contribution in [2.75, 3.05) is 12.4 Å². The van der Waals surface area contributed by atoms with Gasteiger partial charge in [-0.2, -0.15) is 0 Å². The van der Waals surface area contributed by atoms with Crippen LogP contribution in [0.4, 0.5) is 11.4 Å². The molecule has 0 aliphatic carbocycles. The Kier molecular flexibility index (Phi) is 3.97. The van der Waals surface area contributed by atoms with Gasteiger partial charge in [-0.1, -0.05) is 12.1 Å². The van der Waals surface area contributed by atoms with Crippen LogP contribution in [0.5, 0.6) is 5.75 Å². The molecule has 0 unspecified atom stereocenters. The predicted molar refractivity (Wildman–Crippen MR) is 87.6 cm³/mol. The van der Waals surface area contributed by atoms with Gasteiger partial charge < -0.3 is 15.2 Å². The number of rotatable bonds is 5. The molecule has 2 aromatic carbocycles. The average Bonchev–Trinajstić information content (AvgIpc) is 2.85. The molecule has 0 spiro atoms. The van der Waals surface area contributed by atoms with E-state index in [9.17, 15) is 24.8 Å². The van der Waals surface area contributed by atoms with E-state index in [2.05, 4.69) is 5.32 Å². The molecule has 0 saturated heterocycles. The summed E-state index contributed by atoms with van der Waals surface area (Å²) in [6.45, 7) is 0. The Morgan fingerprint density at radius 2 is 2.08 bits per heavy atom. The van der Waals surface area contributed by atoms with E-state index in [1.807, 2.05) is 0 Å². The number of aliphatic hydroxyl groups is 1. The number of hydrogen-bond acceptors (Lipinski definition) is 6. The molecular weight excluding hydrogens is 328 g/mol. The minimum absolute atomic E-state index is 0.0166. The van der Waals surface area contributed by atoms with Gasteiger partial charge in [-0.05, 0) is 18.2 Å². The van der Waals surface area contributed by atoms with Crippen molar-refractivity contribution in [1.82, 2.24) is 0 Å². The van der Waals surface area contributed by atoms with Crippen molar-refractivity contribution in [3.8, 4) is 5.75 Å². The lowest BCUT2D eigenvalue weighted by molar-refractivity contribution is -0.385. The van der Waals surface area contributed by atoms with E-state index in [0.29, 0.717) is 5.75 Å². The summed E-state index contributed by atoms with van der Waals surface area (Å²) in [6, 6.07) is 9.96. The maximum absolute atomic E-state index is 12.5. The third-order valence-electron chi connectivity index (χ3n) is 4.09. The first-order valence-electron chi connectivity index (χ1n) is 7.35. The second-order valence-electron chi connectivity index (χ2n) is 5.63. The average molecular weight is 342 g/mol. The van der Waals surface area contributed by atoms with E-state index in [-0.39, 0.29) is 22.5 Å². The third-order valence-corrected chi connectivity index (χ3v) is 4.09. The molecule has 1 atom stereocenters. The number of benzene rings is 2. The highest BCUT2D eigenvalue weighted by Crippen LogP contribution is 2.40. The van der Waals surface area contributed by atoms with Gasteiger partial charge in [-0.15, -0.1) is 0 Å². The van der Waals surface area contributed by atoms with Gasteiger partial charge in [-0.3, -0.25) is 19.7 Å². The summed E-state index contributed by atoms with van der Waals surface area (Å²) in [7, 11) is 1.46. The molecule has 25 heavy (non-hydrogen) atoms. The number of carbonyl (C=O) groups excluding carboxylic acids is 2. The summed E-state index contributed by atoms with van der Waals surface area (Å²) in [4.78, 5) is 35.0. The smallest absolute Gasteiger partial charge is 0.269 e. The van der Waals surface area contributed by atoms with Crippen molar-refractivity contribution in [2.24, 2.45) is 0 Å². The zero-order valence-electron chi connectivity index (χ0n) is 13.2. The summed E-state index contributed by atoms with van der Waals surface area (Å²) < 4.78 is 5.05. The Balaban J connectivity index is 1.96. The fourth-order valence-electron chi connectivity index (χ4n) is 2.75. The van der Waals surface area contributed by atoms with Crippen LogP contribution in [0.3, 0.4) is 0 Å². The minimum Gasteiger partial charge on any atom is -0.497 e. The first kappa shape index (κ1) is 16.6. The van der Waals surface area contributed by atoms with Gasteiger partial charge in [0.2, 0.25) is 0 Å². The Labute approximate surface area is 142 Å². The van der Waals surface area contributed by atoms with Crippen molar-refractivity contribution in [2.45, 2.75) is 12.0 Å². The number of amides is 1. The monoisotopic (exact) mass is 342 g/mol. The quantitative estimate of drug-likeness (QED) is 0.487. The standard InChI is InChI=1S/C17H14N2O6/c1-25-12-4-2-3-10(7-12)15(20)9-17(22)13-8-11(19(23)24)5-6-14(13)18-16(17)21/h2-8,22H,9H2,1H3,(H,18,21)/t17-/m1/s1. The normalized spacial score (nSPS) is 18.4. The van der Waals surface area contributed by atoms with Crippen LogP contribution in [-0.4, -0.2) is 28.8 Å². The van der Waals surface area contributed by atoms with Gasteiger partial charge in [0.15, 0.2) is 11.4 Å². The predicted octanol–water partition coefficient (Wildman–Crippen LogP) is 2.02. The molecular formula is C17H14N2O6. The summed E-state index contributed by atoms with van der Waals surface area (Å²) in [6.07, 6.45) is -0.541. The van der Waals surface area contributed by atoms with Crippen molar-refractivity contribution in [3.63, 3.8) is 0 Å². The number of fused-ring (bicyclic) bond motifs is 1. The molecule has 128 valence electrons. The summed E-state index contributed by atoms with van der Waals surface area (Å²) in [5, 5.41) is 24.2. The number of nitro benzene ring substituents is 1. The zero-order valence-corrected chi connectivity index (χ0v) is 13.2. The number of methoxy groups -OCH3 is 1. The number of non-ortho nitro benzene ring substituents is 1. The van der Waals surface area contributed by atoms with E-state index in [1.165, 1.54) is 31.4 Å². The van der Waals surface area contributed by atoms with Crippen molar-refractivity contribution >= 4 is 23.1 Å². The molecule has 0 bridgehead atoms. The van der Waals surface area contributed by atoms with E-state index in [4.69, 9.17) is 4.74 Å². The Hall–Kier alpha value is -3.26. The lowest BCUT2D eigenvalue weighted by Crippen LogP contribution is -2.36. The molecule has 0 aromatic heterocycles. The first-order valence-corrected chi connectivity index (χ1v) is 7.35. The number of nitrogens with zero attached hydrogens (tertiary/aromatic N) is 1. The topological polar surface area (TPSA) is 119 Å². The zero-order chi connectivity index (χ0) is 18.2. The van der Waals surface area contributed by atoms with Crippen LogP contribution in [0, 0.1) is 10.1 Å². The second kappa shape index (κ2) is 5.99. The molecule has 1 heterocycles. The maximum Gasteiger partial charge on any atom is 0.269 e. The highest BCUT2D eigenvalue weighted by molar-refractivity contribution is 6.09. The number of ether oxygens (including phenoxy) is 1. The number of Topliss-reactive ketones (excluding diaryl/α,β-unsaturated/α-hetero) is 1. The highest BCUT2D eigenvalue weighted by Gasteiger charge is 2.47. The Bertz CT molecular complexity index is 894. The largest absolute Gasteiger partial charge is 0.497 e. The highest BCUT2D eigenvalue weighted by atomic mass is 16.6. The Morgan fingerprint density at radius 3 is 2.76 bits per heavy atom. The minimum atomic E-state index is -2.17. The van der Waals surface area contributed by atoms with Gasteiger partial charge in [0.05, 0.1) is 18.5 Å². The summed E-state index contributed by atoms with van der Waals surface area (Å²) in [5.74, 6) is -0.820. The molecule has 8 heteroatoms. The molecule has 2 N–H and O–H groups in total. The van der Waals surface area contributed by atoms with Crippen molar-refractivity contribution < 1.29 is 24.4 Å². The summed E-state index contributed by atoms with van der Waals surface area (Å²) >= 11 is 0. The van der Waals surface area contributed by atoms with Crippen LogP contribution in [0.25, 0.3) is 0 Å². The fourth-order valence-corrected chi connectivity index (χ4v) is 2.75. The van der Waals surface area contributed by atoms with E-state index >= 15 is 0 Å². The van der Waals surface area contributed by atoms with Crippen LogP contribution in [-0.2, 0) is 10.4 Å². The fraction of sp³-hybridized carbons (Fsp3) is 0.176. The lowest BCUT2D eigenvalue weighted by atomic mass is 9.88. The van der Waals surface area contributed by atoms with E-state index in [0.717, 1.165) is 6.07 Å². The van der Waals surface area contributed by atoms with Gasteiger partial charge >= 0.3 is 0 Å². The van der Waals surface area contributed by atoms with Crippen LogP contribution in [0.1, 0.15) is 22.3 Å². The number of carbonyl (C=O) groups is 2. The maximum atomic E-state index is 12.5. The SMILES string of the molecule is COc1cccc(C(=O)C[C@]2(O)C(=O)Nc3ccc([N+](=O)[O-])cc32)c1. The first-order chi connectivity index (χ1) is 11.8. The van der Waals surface area contributed by atoms with Crippen LogP contribution < -0.4 is 10.1 Å². The van der Waals surface area contributed by atoms with Crippen molar-refractivity contribution in [3.05, 3.63) is 63.7 Å². The number of hydrogen-bond donors (Lipinski definition) is 2. The summed E-state index contributed by atoms with van der Waals surface area (Å²) in [5.41, 5.74) is -1.91. The molecule has 0 saturated carbocycles. The van der Waals surface area contributed by atoms with Gasteiger partial charge in [0.1, 0.15) is 5.75 Å². The number of anilines is 1. The second-order valence-corrected chi connectivity index (χ2v) is 5.63. The molecule has 1 aliphatic heterocycles. The number of nitro groups is 1. The molecule has 0 fully saturated rings. The van der Waals surface area contributed by atoms with Gasteiger partial charge in [0, 0.05) is 28.9 Å².